The summed E-state index contributed by atoms with van der Waals surface area (Å²) in [6, 6.07) is 0. The molecule has 4 heavy (non-hydrogen) atoms. The van der Waals surface area contributed by atoms with Crippen LogP contribution in [-0.2, 0) is 23.7 Å². The Morgan fingerprint density at radius 1 is 1.25 bits per heavy atom. The molecule has 0 amide bonds. The summed E-state index contributed by atoms with van der Waals surface area (Å²) < 4.78 is 18.2. The maximum absolute atomic E-state index is 9.12. The van der Waals surface area contributed by atoms with E-state index in [-0.39, 0.29) is 18.6 Å². The molecular formula is F2OV. The molecule has 0 atom stereocenters. The standard InChI is InChI=1S/F2O.V/c1-3-2;. The maximum atomic E-state index is 9.12. The van der Waals surface area contributed by atoms with Crippen LogP contribution >= 0.6 is 0 Å². The molecule has 0 rings (SSSR count). The summed E-state index contributed by atoms with van der Waals surface area (Å²) in [5.41, 5.74) is 0. The average Bonchev–Trinajstić information content (AvgIpc) is 0.918. The second-order valence-corrected chi connectivity index (χ2v) is 0.0583. The van der Waals surface area contributed by atoms with Crippen molar-refractivity contribution in [2.24, 2.45) is 0 Å². The predicted molar refractivity (Wildman–Crippen MR) is 3.30 cm³/mol. The van der Waals surface area contributed by atoms with Crippen LogP contribution in [0.2, 0.25) is 0 Å². The van der Waals surface area contributed by atoms with Crippen LogP contribution in [0.4, 0.5) is 9.05 Å². The van der Waals surface area contributed by atoms with Crippen LogP contribution in [0, 0.1) is 0 Å². The summed E-state index contributed by atoms with van der Waals surface area (Å²) >= 11 is 0. The number of rotatable bonds is 0. The fraction of sp³-hybridized carbons (Fsp3) is 0. The van der Waals surface area contributed by atoms with E-state index < -0.39 is 0 Å². The van der Waals surface area contributed by atoms with Crippen LogP contribution < -0.4 is 0 Å². The largest absolute Gasteiger partial charge is 0.0209 e. The zero-order chi connectivity index (χ0) is 2.71. The number of hydrogen-bond donors (Lipinski definition) is 0. The monoisotopic (exact) mass is 105 g/mol. The molecule has 0 aromatic carbocycles. The molecule has 0 aliphatic carbocycles. The Labute approximate surface area is 33.6 Å². The molecule has 0 fully saturated rings. The third kappa shape index (κ3) is 29.0. The van der Waals surface area contributed by atoms with E-state index in [0.717, 1.165) is 0 Å². The fourth-order valence-corrected chi connectivity index (χ4v) is 0. The molecular weight excluding hydrogens is 105 g/mol. The van der Waals surface area contributed by atoms with E-state index in [1.807, 2.05) is 0 Å². The van der Waals surface area contributed by atoms with Crippen molar-refractivity contribution in [3.8, 4) is 0 Å². The van der Waals surface area contributed by atoms with Crippen LogP contribution in [0.15, 0.2) is 0 Å². The first-order chi connectivity index (χ1) is 1.41. The van der Waals surface area contributed by atoms with Gasteiger partial charge in [-0.3, -0.25) is 0 Å². The van der Waals surface area contributed by atoms with Crippen molar-refractivity contribution < 1.29 is 32.8 Å². The average molecular weight is 105 g/mol. The molecule has 0 spiro atoms. The van der Waals surface area contributed by atoms with Crippen molar-refractivity contribution in [1.29, 1.82) is 0 Å². The first-order valence-electron chi connectivity index (χ1n) is 0.309. The fourth-order valence-electron chi connectivity index (χ4n) is 0. The van der Waals surface area contributed by atoms with Gasteiger partial charge in [0.2, 0.25) is 0 Å². The van der Waals surface area contributed by atoms with Gasteiger partial charge in [-0.25, -0.2) is 0 Å². The summed E-state index contributed by atoms with van der Waals surface area (Å²) in [7, 11) is 0. The first kappa shape index (κ1) is 8.83. The van der Waals surface area contributed by atoms with Gasteiger partial charge in [0.15, 0.2) is 0 Å². The minimum Gasteiger partial charge on any atom is -0.0104 e. The first-order valence-corrected chi connectivity index (χ1v) is 0.309. The van der Waals surface area contributed by atoms with Gasteiger partial charge in [-0.1, -0.05) is 0 Å². The van der Waals surface area contributed by atoms with Gasteiger partial charge < -0.3 is 0 Å². The topological polar surface area (TPSA) is 9.23 Å². The summed E-state index contributed by atoms with van der Waals surface area (Å²) in [5, 5.41) is 1.25. The second-order valence-electron chi connectivity index (χ2n) is 0.0583. The van der Waals surface area contributed by atoms with Gasteiger partial charge in [-0.15, -0.1) is 0 Å². The van der Waals surface area contributed by atoms with Crippen molar-refractivity contribution >= 4 is 0 Å². The number of hydrogen-bond acceptors (Lipinski definition) is 1. The minimum atomic E-state index is 0. The van der Waals surface area contributed by atoms with Gasteiger partial charge >= 0.3 is 0 Å². The Morgan fingerprint density at radius 3 is 1.25 bits per heavy atom. The summed E-state index contributed by atoms with van der Waals surface area (Å²) in [6.07, 6.45) is 0. The van der Waals surface area contributed by atoms with Crippen molar-refractivity contribution in [3.63, 3.8) is 0 Å². The van der Waals surface area contributed by atoms with E-state index in [4.69, 9.17) is 9.05 Å². The van der Waals surface area contributed by atoms with Crippen molar-refractivity contribution in [2.75, 3.05) is 0 Å². The maximum Gasteiger partial charge on any atom is 0.0209 e. The number of halogens is 2. The van der Waals surface area contributed by atoms with E-state index in [9.17, 15) is 0 Å². The van der Waals surface area contributed by atoms with Gasteiger partial charge in [-0.2, -0.15) is 0 Å². The van der Waals surface area contributed by atoms with Crippen molar-refractivity contribution in [1.82, 2.24) is 0 Å². The third-order valence-corrected chi connectivity index (χ3v) is 0. The van der Waals surface area contributed by atoms with Crippen LogP contribution in [-0.4, -0.2) is 0 Å². The van der Waals surface area contributed by atoms with Crippen molar-refractivity contribution in [2.45, 2.75) is 0 Å². The van der Waals surface area contributed by atoms with Gasteiger partial charge in [0.05, 0.1) is 0 Å². The van der Waals surface area contributed by atoms with Crippen LogP contribution in [0.25, 0.3) is 0 Å². The second kappa shape index (κ2) is 9.98. The van der Waals surface area contributed by atoms with Crippen LogP contribution in [0.1, 0.15) is 0 Å². The summed E-state index contributed by atoms with van der Waals surface area (Å²) in [4.78, 5) is 0. The van der Waals surface area contributed by atoms with Gasteiger partial charge in [0.25, 0.3) is 0 Å². The molecule has 0 unspecified atom stereocenters. The molecule has 0 saturated heterocycles. The van der Waals surface area contributed by atoms with Crippen molar-refractivity contribution in [3.05, 3.63) is 0 Å². The Hall–Kier alpha value is 0.404. The van der Waals surface area contributed by atoms with E-state index in [1.54, 1.807) is 0 Å². The Kier molecular flexibility index (Phi) is 22.0. The Balaban J connectivity index is 0. The smallest absolute Gasteiger partial charge is 0.0104 e. The molecule has 1 radical (unpaired) electrons. The van der Waals surface area contributed by atoms with Crippen LogP contribution in [0.3, 0.4) is 0 Å². The zero-order valence-corrected chi connectivity index (χ0v) is 3.01. The predicted octanol–water partition coefficient (Wildman–Crippen LogP) is 0.770. The normalized spacial score (nSPS) is 4.50. The molecule has 1 nitrogen and oxygen atoms in total. The van der Waals surface area contributed by atoms with E-state index in [1.165, 1.54) is 5.15 Å². The minimum absolute atomic E-state index is 0. The van der Waals surface area contributed by atoms with Gasteiger partial charge in [0.1, 0.15) is 0 Å². The van der Waals surface area contributed by atoms with Gasteiger partial charge in [-0.05, 0) is 9.05 Å². The molecule has 4 heteroatoms. The molecule has 0 saturated carbocycles. The molecule has 0 aliphatic rings. The zero-order valence-electron chi connectivity index (χ0n) is 1.61. The quantitative estimate of drug-likeness (QED) is 0.442. The Bertz CT molecular complexity index is 6.00. The van der Waals surface area contributed by atoms with Crippen LogP contribution in [0.5, 0.6) is 0 Å². The molecule has 25 valence electrons. The molecule has 0 aromatic rings. The Morgan fingerprint density at radius 2 is 1.25 bits per heavy atom. The van der Waals surface area contributed by atoms with E-state index in [0.29, 0.717) is 0 Å². The van der Waals surface area contributed by atoms with E-state index >= 15 is 0 Å². The molecule has 0 heterocycles. The molecule has 0 N–H and O–H groups in total. The molecule has 0 aliphatic heterocycles. The molecule has 0 bridgehead atoms. The molecule has 0 aromatic heterocycles. The van der Waals surface area contributed by atoms with E-state index in [2.05, 4.69) is 0 Å². The summed E-state index contributed by atoms with van der Waals surface area (Å²) in [6.45, 7) is 0. The van der Waals surface area contributed by atoms with Gasteiger partial charge in [0, 0.05) is 23.7 Å². The summed E-state index contributed by atoms with van der Waals surface area (Å²) in [5.74, 6) is 0. The SMILES string of the molecule is FOF.[V]. The third-order valence-electron chi connectivity index (χ3n) is 0.